The third-order valence-corrected chi connectivity index (χ3v) is 2.57. The Bertz CT molecular complexity index is 345. The minimum Gasteiger partial charge on any atom is -0.394 e. The van der Waals surface area contributed by atoms with E-state index in [0.29, 0.717) is 6.61 Å². The van der Waals surface area contributed by atoms with E-state index < -0.39 is 0 Å². The van der Waals surface area contributed by atoms with Gasteiger partial charge >= 0.3 is 0 Å². The number of nitrogens with zero attached hydrogens (tertiary/aromatic N) is 3. The lowest BCUT2D eigenvalue weighted by Crippen LogP contribution is -2.53. The Morgan fingerprint density at radius 1 is 1.33 bits per heavy atom. The predicted octanol–water partition coefficient (Wildman–Crippen LogP) is 1.32. The molecule has 0 aliphatic carbocycles. The molecule has 1 aromatic rings. The number of ether oxygens (including phenoxy) is 1. The normalized spacial score (nSPS) is 14.8. The first-order chi connectivity index (χ1) is 8.69. The van der Waals surface area contributed by atoms with Gasteiger partial charge in [0.2, 0.25) is 0 Å². The average molecular weight is 253 g/mol. The summed E-state index contributed by atoms with van der Waals surface area (Å²) in [7, 11) is 0. The van der Waals surface area contributed by atoms with E-state index in [9.17, 15) is 0 Å². The fourth-order valence-corrected chi connectivity index (χ4v) is 1.81. The molecule has 1 saturated heterocycles. The third-order valence-electron chi connectivity index (χ3n) is 2.57. The zero-order chi connectivity index (χ0) is 13.5. The van der Waals surface area contributed by atoms with Crippen LogP contribution in [-0.4, -0.2) is 47.5 Å². The minimum atomic E-state index is 0.0855. The lowest BCUT2D eigenvalue weighted by Gasteiger charge is -2.39. The van der Waals surface area contributed by atoms with E-state index in [0.717, 1.165) is 30.4 Å². The van der Waals surface area contributed by atoms with Crippen LogP contribution in [0, 0.1) is 13.8 Å². The van der Waals surface area contributed by atoms with Crippen LogP contribution in [0.2, 0.25) is 0 Å². The van der Waals surface area contributed by atoms with Gasteiger partial charge < -0.3 is 14.7 Å². The van der Waals surface area contributed by atoms with Gasteiger partial charge in [-0.2, -0.15) is 0 Å². The van der Waals surface area contributed by atoms with Crippen molar-refractivity contribution in [3.05, 3.63) is 17.6 Å². The summed E-state index contributed by atoms with van der Waals surface area (Å²) >= 11 is 0. The molecule has 0 atom stereocenters. The van der Waals surface area contributed by atoms with Gasteiger partial charge in [0.05, 0.1) is 19.3 Å². The first-order valence-electron chi connectivity index (χ1n) is 6.48. The van der Waals surface area contributed by atoms with Crippen LogP contribution in [-0.2, 0) is 4.74 Å². The van der Waals surface area contributed by atoms with Crippen LogP contribution >= 0.6 is 0 Å². The second kappa shape index (κ2) is 7.28. The maximum absolute atomic E-state index is 8.63. The molecule has 1 N–H and O–H groups in total. The summed E-state index contributed by atoms with van der Waals surface area (Å²) < 4.78 is 5.40. The molecule has 0 bridgehead atoms. The molecule has 0 radical (unpaired) electrons. The highest BCUT2D eigenvalue weighted by atomic mass is 16.5. The van der Waals surface area contributed by atoms with Gasteiger partial charge in [0.25, 0.3) is 0 Å². The number of hydrogen-bond acceptors (Lipinski definition) is 5. The maximum Gasteiger partial charge on any atom is 0.132 e. The minimum absolute atomic E-state index is 0.0855. The van der Waals surface area contributed by atoms with Crippen LogP contribution < -0.4 is 4.90 Å². The van der Waals surface area contributed by atoms with E-state index in [-0.39, 0.29) is 12.7 Å². The van der Waals surface area contributed by atoms with Gasteiger partial charge in [0.1, 0.15) is 11.6 Å². The molecule has 5 heteroatoms. The van der Waals surface area contributed by atoms with E-state index in [4.69, 9.17) is 9.84 Å². The average Bonchev–Trinajstić information content (AvgIpc) is 2.28. The molecule has 0 amide bonds. The van der Waals surface area contributed by atoms with Crippen LogP contribution in [0.5, 0.6) is 0 Å². The number of aryl methyl sites for hydroxylation is 2. The van der Waals surface area contributed by atoms with Crippen LogP contribution in [0.4, 0.5) is 5.82 Å². The van der Waals surface area contributed by atoms with E-state index in [1.54, 1.807) is 0 Å². The summed E-state index contributed by atoms with van der Waals surface area (Å²) in [6, 6.07) is 1.98. The van der Waals surface area contributed by atoms with Gasteiger partial charge in [-0.1, -0.05) is 13.8 Å². The zero-order valence-corrected chi connectivity index (χ0v) is 11.7. The Hall–Kier alpha value is -1.20. The molecule has 2 rings (SSSR count). The van der Waals surface area contributed by atoms with Crippen molar-refractivity contribution >= 4 is 5.82 Å². The van der Waals surface area contributed by atoms with Gasteiger partial charge in [-0.25, -0.2) is 9.97 Å². The van der Waals surface area contributed by atoms with Crippen molar-refractivity contribution in [2.75, 3.05) is 31.2 Å². The summed E-state index contributed by atoms with van der Waals surface area (Å²) in [5.41, 5.74) is 0.988. The van der Waals surface area contributed by atoms with Crippen molar-refractivity contribution in [1.29, 1.82) is 0 Å². The molecule has 1 fully saturated rings. The van der Waals surface area contributed by atoms with Crippen LogP contribution in [0.1, 0.15) is 25.4 Å². The summed E-state index contributed by atoms with van der Waals surface area (Å²) in [5.74, 6) is 1.77. The van der Waals surface area contributed by atoms with Crippen molar-refractivity contribution in [2.24, 2.45) is 0 Å². The fourth-order valence-electron chi connectivity index (χ4n) is 1.81. The number of anilines is 1. The molecular weight excluding hydrogens is 230 g/mol. The number of hydrogen-bond donors (Lipinski definition) is 1. The van der Waals surface area contributed by atoms with E-state index in [1.807, 2.05) is 33.8 Å². The standard InChI is InChI=1S/C11H17N3O2.C2H6/c1-8-5-11(13-9(2)12-8)14-6-10(7-14)16-4-3-15;1-2/h5,10,15H,3-4,6-7H2,1-2H3;1-2H3. The highest BCUT2D eigenvalue weighted by Gasteiger charge is 2.28. The first kappa shape index (κ1) is 14.9. The maximum atomic E-state index is 8.63. The topological polar surface area (TPSA) is 58.5 Å². The molecule has 2 heterocycles. The first-order valence-corrected chi connectivity index (χ1v) is 6.48. The second-order valence-electron chi connectivity index (χ2n) is 4.04. The molecule has 102 valence electrons. The molecular formula is C13H23N3O2. The largest absolute Gasteiger partial charge is 0.394 e. The number of aliphatic hydroxyl groups is 1. The number of rotatable bonds is 4. The predicted molar refractivity (Wildman–Crippen MR) is 71.9 cm³/mol. The highest BCUT2D eigenvalue weighted by molar-refractivity contribution is 5.43. The Balaban J connectivity index is 0.000000771. The van der Waals surface area contributed by atoms with Gasteiger partial charge in [0, 0.05) is 24.8 Å². The molecule has 1 aromatic heterocycles. The third kappa shape index (κ3) is 3.92. The Labute approximate surface area is 109 Å². The smallest absolute Gasteiger partial charge is 0.132 e. The van der Waals surface area contributed by atoms with Crippen LogP contribution in [0.25, 0.3) is 0 Å². The van der Waals surface area contributed by atoms with Crippen LogP contribution in [0.3, 0.4) is 0 Å². The monoisotopic (exact) mass is 253 g/mol. The Morgan fingerprint density at radius 2 is 2.00 bits per heavy atom. The van der Waals surface area contributed by atoms with Crippen molar-refractivity contribution in [3.8, 4) is 0 Å². The van der Waals surface area contributed by atoms with Crippen molar-refractivity contribution < 1.29 is 9.84 Å². The van der Waals surface area contributed by atoms with Gasteiger partial charge in [-0.3, -0.25) is 0 Å². The molecule has 0 spiro atoms. The highest BCUT2D eigenvalue weighted by Crippen LogP contribution is 2.20. The van der Waals surface area contributed by atoms with E-state index >= 15 is 0 Å². The lowest BCUT2D eigenvalue weighted by atomic mass is 10.1. The molecule has 0 saturated carbocycles. The van der Waals surface area contributed by atoms with Crippen molar-refractivity contribution in [1.82, 2.24) is 9.97 Å². The molecule has 18 heavy (non-hydrogen) atoms. The quantitative estimate of drug-likeness (QED) is 0.877. The Kier molecular flexibility index (Phi) is 6.01. The zero-order valence-electron chi connectivity index (χ0n) is 11.7. The molecule has 0 aromatic carbocycles. The summed E-state index contributed by atoms with van der Waals surface area (Å²) in [4.78, 5) is 10.8. The van der Waals surface area contributed by atoms with Crippen LogP contribution in [0.15, 0.2) is 6.07 Å². The molecule has 0 unspecified atom stereocenters. The van der Waals surface area contributed by atoms with Gasteiger partial charge in [-0.15, -0.1) is 0 Å². The van der Waals surface area contributed by atoms with Gasteiger partial charge in [-0.05, 0) is 13.8 Å². The summed E-state index contributed by atoms with van der Waals surface area (Å²) in [6.07, 6.45) is 0.225. The fraction of sp³-hybridized carbons (Fsp3) is 0.692. The summed E-state index contributed by atoms with van der Waals surface area (Å²) in [5, 5.41) is 8.63. The lowest BCUT2D eigenvalue weighted by molar-refractivity contribution is 0.0132. The van der Waals surface area contributed by atoms with Gasteiger partial charge in [0.15, 0.2) is 0 Å². The van der Waals surface area contributed by atoms with Crippen molar-refractivity contribution in [2.45, 2.75) is 33.8 Å². The van der Waals surface area contributed by atoms with E-state index in [2.05, 4.69) is 14.9 Å². The Morgan fingerprint density at radius 3 is 2.56 bits per heavy atom. The van der Waals surface area contributed by atoms with Crippen molar-refractivity contribution in [3.63, 3.8) is 0 Å². The summed E-state index contributed by atoms with van der Waals surface area (Å²) in [6.45, 7) is 10.1. The molecule has 1 aliphatic rings. The number of aromatic nitrogens is 2. The SMILES string of the molecule is CC.Cc1cc(N2CC(OCCO)C2)nc(C)n1. The second-order valence-corrected chi connectivity index (χ2v) is 4.04. The van der Waals surface area contributed by atoms with E-state index in [1.165, 1.54) is 0 Å². The molecule has 5 nitrogen and oxygen atoms in total. The number of aliphatic hydroxyl groups excluding tert-OH is 1. The molecule has 1 aliphatic heterocycles.